The average Bonchev–Trinajstić information content (AvgIpc) is 3.33. The van der Waals surface area contributed by atoms with Gasteiger partial charge in [-0.2, -0.15) is 9.40 Å². The van der Waals surface area contributed by atoms with Crippen LogP contribution in [0.1, 0.15) is 43.3 Å². The summed E-state index contributed by atoms with van der Waals surface area (Å²) >= 11 is 0. The van der Waals surface area contributed by atoms with E-state index in [0.717, 1.165) is 19.3 Å². The van der Waals surface area contributed by atoms with Crippen LogP contribution in [-0.2, 0) is 14.8 Å². The highest BCUT2D eigenvalue weighted by Gasteiger charge is 2.37. The predicted octanol–water partition coefficient (Wildman–Crippen LogP) is 2.90. The summed E-state index contributed by atoms with van der Waals surface area (Å²) in [7, 11) is -3.67. The lowest BCUT2D eigenvalue weighted by atomic mass is 10.1. The van der Waals surface area contributed by atoms with Crippen LogP contribution in [0.2, 0.25) is 0 Å². The van der Waals surface area contributed by atoms with Gasteiger partial charge in [-0.15, -0.1) is 0 Å². The highest BCUT2D eigenvalue weighted by Crippen LogP contribution is 2.37. The van der Waals surface area contributed by atoms with Crippen molar-refractivity contribution in [1.82, 2.24) is 14.1 Å². The van der Waals surface area contributed by atoms with E-state index in [9.17, 15) is 12.8 Å². The minimum atomic E-state index is -3.67. The second-order valence-corrected chi connectivity index (χ2v) is 8.72. The Bertz CT molecular complexity index is 877. The van der Waals surface area contributed by atoms with Gasteiger partial charge in [0, 0.05) is 26.0 Å². The third kappa shape index (κ3) is 3.28. The molecule has 0 bridgehead atoms. The highest BCUT2D eigenvalue weighted by molar-refractivity contribution is 7.89. The number of aromatic nitrogens is 2. The van der Waals surface area contributed by atoms with Crippen LogP contribution in [0.4, 0.5) is 4.39 Å². The van der Waals surface area contributed by atoms with Gasteiger partial charge >= 0.3 is 0 Å². The Morgan fingerprint density at radius 3 is 2.77 bits per heavy atom. The van der Waals surface area contributed by atoms with E-state index in [-0.39, 0.29) is 22.8 Å². The van der Waals surface area contributed by atoms with Gasteiger partial charge in [0.15, 0.2) is 0 Å². The maximum absolute atomic E-state index is 13.6. The predicted molar refractivity (Wildman–Crippen MR) is 93.6 cm³/mol. The van der Waals surface area contributed by atoms with Crippen molar-refractivity contribution in [3.8, 4) is 0 Å². The normalized spacial score (nSPS) is 22.7. The first kappa shape index (κ1) is 17.6. The zero-order valence-electron chi connectivity index (χ0n) is 14.4. The van der Waals surface area contributed by atoms with Crippen LogP contribution in [0.3, 0.4) is 0 Å². The zero-order chi connectivity index (χ0) is 18.1. The van der Waals surface area contributed by atoms with Crippen LogP contribution in [0, 0.1) is 5.82 Å². The van der Waals surface area contributed by atoms with Crippen molar-refractivity contribution in [3.63, 3.8) is 0 Å². The first-order chi connectivity index (χ1) is 12.6. The number of ether oxygens (including phenoxy) is 1. The number of nitrogens with zero attached hydrogens (tertiary/aromatic N) is 3. The van der Waals surface area contributed by atoms with Crippen LogP contribution in [0.15, 0.2) is 41.6 Å². The van der Waals surface area contributed by atoms with Gasteiger partial charge in [-0.05, 0) is 43.4 Å². The summed E-state index contributed by atoms with van der Waals surface area (Å²) in [6, 6.07) is 6.04. The lowest BCUT2D eigenvalue weighted by molar-refractivity contribution is 0.0662. The number of hydrogen-bond donors (Lipinski definition) is 0. The van der Waals surface area contributed by atoms with E-state index in [1.165, 1.54) is 22.6 Å². The lowest BCUT2D eigenvalue weighted by Crippen LogP contribution is -2.30. The Kier molecular flexibility index (Phi) is 4.81. The van der Waals surface area contributed by atoms with Crippen LogP contribution in [-0.4, -0.2) is 42.3 Å². The number of halogens is 1. The monoisotopic (exact) mass is 379 g/mol. The van der Waals surface area contributed by atoms with Crippen molar-refractivity contribution in [2.45, 2.75) is 42.7 Å². The molecule has 0 saturated carbocycles. The average molecular weight is 379 g/mol. The minimum absolute atomic E-state index is 0.172. The number of rotatable bonds is 4. The third-order valence-corrected chi connectivity index (χ3v) is 7.05. The molecule has 140 valence electrons. The SMILES string of the molecule is O=S(=O)(c1cnn(C2CCOCC2)c1)N1CCCC1c1cccc(F)c1. The quantitative estimate of drug-likeness (QED) is 0.819. The standard InChI is InChI=1S/C18H22FN3O3S/c19-15-4-1-3-14(11-15)18-5-2-8-22(18)26(23,24)17-12-20-21(13-17)16-6-9-25-10-7-16/h1,3-4,11-13,16,18H,2,5-10H2. The Morgan fingerprint density at radius 1 is 1.19 bits per heavy atom. The molecule has 6 nitrogen and oxygen atoms in total. The van der Waals surface area contributed by atoms with Crippen molar-refractivity contribution in [1.29, 1.82) is 0 Å². The second kappa shape index (κ2) is 7.09. The molecule has 1 atom stereocenters. The number of sulfonamides is 1. The molecule has 0 aliphatic carbocycles. The molecule has 0 radical (unpaired) electrons. The first-order valence-corrected chi connectivity index (χ1v) is 10.4. The molecule has 2 fully saturated rings. The molecule has 2 saturated heterocycles. The highest BCUT2D eigenvalue weighted by atomic mass is 32.2. The first-order valence-electron chi connectivity index (χ1n) is 8.95. The van der Waals surface area contributed by atoms with Crippen molar-refractivity contribution < 1.29 is 17.5 Å². The van der Waals surface area contributed by atoms with Gasteiger partial charge in [-0.3, -0.25) is 4.68 Å². The molecule has 4 rings (SSSR count). The molecular weight excluding hydrogens is 357 g/mol. The minimum Gasteiger partial charge on any atom is -0.381 e. The third-order valence-electron chi connectivity index (χ3n) is 5.19. The van der Waals surface area contributed by atoms with E-state index in [0.29, 0.717) is 31.7 Å². The van der Waals surface area contributed by atoms with Gasteiger partial charge in [-0.25, -0.2) is 12.8 Å². The van der Waals surface area contributed by atoms with Crippen molar-refractivity contribution in [2.24, 2.45) is 0 Å². The molecular formula is C18H22FN3O3S. The van der Waals surface area contributed by atoms with Gasteiger partial charge in [0.2, 0.25) is 10.0 Å². The van der Waals surface area contributed by atoms with Gasteiger partial charge < -0.3 is 4.74 Å². The summed E-state index contributed by atoms with van der Waals surface area (Å²) in [5, 5.41) is 4.28. The summed E-state index contributed by atoms with van der Waals surface area (Å²) in [5.41, 5.74) is 0.697. The van der Waals surface area contributed by atoms with Crippen LogP contribution < -0.4 is 0 Å². The zero-order valence-corrected chi connectivity index (χ0v) is 15.2. The van der Waals surface area contributed by atoms with E-state index in [2.05, 4.69) is 5.10 Å². The molecule has 1 unspecified atom stereocenters. The largest absolute Gasteiger partial charge is 0.381 e. The Hall–Kier alpha value is -1.77. The summed E-state index contributed by atoms with van der Waals surface area (Å²) in [6.45, 7) is 1.77. The lowest BCUT2D eigenvalue weighted by Gasteiger charge is -2.24. The molecule has 0 spiro atoms. The molecule has 2 aliphatic rings. The summed E-state index contributed by atoms with van der Waals surface area (Å²) < 4.78 is 48.5. The fourth-order valence-corrected chi connectivity index (χ4v) is 5.44. The fourth-order valence-electron chi connectivity index (χ4n) is 3.81. The fraction of sp³-hybridized carbons (Fsp3) is 0.500. The number of benzene rings is 1. The van der Waals surface area contributed by atoms with E-state index in [1.54, 1.807) is 23.0 Å². The van der Waals surface area contributed by atoms with Gasteiger partial charge in [0.05, 0.1) is 18.3 Å². The Labute approximate surface area is 152 Å². The van der Waals surface area contributed by atoms with Crippen LogP contribution >= 0.6 is 0 Å². The second-order valence-electron chi connectivity index (χ2n) is 6.83. The van der Waals surface area contributed by atoms with E-state index in [4.69, 9.17) is 4.74 Å². The van der Waals surface area contributed by atoms with Crippen LogP contribution in [0.5, 0.6) is 0 Å². The molecule has 0 amide bonds. The van der Waals surface area contributed by atoms with Crippen LogP contribution in [0.25, 0.3) is 0 Å². The van der Waals surface area contributed by atoms with E-state index < -0.39 is 10.0 Å². The topological polar surface area (TPSA) is 64.4 Å². The van der Waals surface area contributed by atoms with Gasteiger partial charge in [0.1, 0.15) is 10.7 Å². The van der Waals surface area contributed by atoms with Crippen molar-refractivity contribution in [2.75, 3.05) is 19.8 Å². The summed E-state index contributed by atoms with van der Waals surface area (Å²) in [6.07, 6.45) is 6.15. The summed E-state index contributed by atoms with van der Waals surface area (Å²) in [5.74, 6) is -0.348. The van der Waals surface area contributed by atoms with Crippen molar-refractivity contribution in [3.05, 3.63) is 48.0 Å². The van der Waals surface area contributed by atoms with E-state index >= 15 is 0 Å². The molecule has 26 heavy (non-hydrogen) atoms. The van der Waals surface area contributed by atoms with Crippen molar-refractivity contribution >= 4 is 10.0 Å². The maximum Gasteiger partial charge on any atom is 0.246 e. The van der Waals surface area contributed by atoms with E-state index in [1.807, 2.05) is 0 Å². The molecule has 8 heteroatoms. The van der Waals surface area contributed by atoms with Gasteiger partial charge in [0.25, 0.3) is 0 Å². The molecule has 0 N–H and O–H groups in total. The smallest absolute Gasteiger partial charge is 0.246 e. The molecule has 2 aliphatic heterocycles. The summed E-state index contributed by atoms with van der Waals surface area (Å²) in [4.78, 5) is 0.201. The molecule has 1 aromatic carbocycles. The van der Waals surface area contributed by atoms with Gasteiger partial charge in [-0.1, -0.05) is 12.1 Å². The molecule has 3 heterocycles. The Balaban J connectivity index is 1.60. The molecule has 1 aromatic heterocycles. The number of hydrogen-bond acceptors (Lipinski definition) is 4. The Morgan fingerprint density at radius 2 is 2.00 bits per heavy atom. The maximum atomic E-state index is 13.6. The molecule has 2 aromatic rings.